The van der Waals surface area contributed by atoms with Crippen LogP contribution in [0.3, 0.4) is 0 Å². The Morgan fingerprint density at radius 2 is 2.00 bits per heavy atom. The number of nitrogens with zero attached hydrogens (tertiary/aromatic N) is 2. The van der Waals surface area contributed by atoms with Crippen LogP contribution in [-0.4, -0.2) is 24.1 Å². The van der Waals surface area contributed by atoms with Crippen LogP contribution in [0.25, 0.3) is 10.2 Å². The number of hydrogen-bond acceptors (Lipinski definition) is 5. The number of carbonyl (C=O) groups is 1. The average molecular weight is 380 g/mol. The van der Waals surface area contributed by atoms with Crippen molar-refractivity contribution in [3.63, 3.8) is 0 Å². The molecule has 0 fully saturated rings. The summed E-state index contributed by atoms with van der Waals surface area (Å²) in [5.41, 5.74) is 3.18. The number of rotatable bonds is 5. The van der Waals surface area contributed by atoms with Crippen LogP contribution in [0.5, 0.6) is 0 Å². The van der Waals surface area contributed by atoms with Crippen LogP contribution < -0.4 is 4.90 Å². The van der Waals surface area contributed by atoms with Gasteiger partial charge >= 0.3 is 0 Å². The molecule has 2 aromatic carbocycles. The molecule has 4 rings (SSSR count). The van der Waals surface area contributed by atoms with E-state index in [9.17, 15) is 4.79 Å². The Labute approximate surface area is 161 Å². The van der Waals surface area contributed by atoms with Crippen LogP contribution >= 0.6 is 11.3 Å². The largest absolute Gasteiger partial charge is 0.494 e. The number of fused-ring (bicyclic) bond motifs is 1. The number of amides is 1. The summed E-state index contributed by atoms with van der Waals surface area (Å²) in [4.78, 5) is 19.5. The van der Waals surface area contributed by atoms with Gasteiger partial charge in [0.15, 0.2) is 5.13 Å². The molecule has 0 saturated carbocycles. The van der Waals surface area contributed by atoms with Gasteiger partial charge in [-0.2, -0.15) is 0 Å². The van der Waals surface area contributed by atoms with Crippen molar-refractivity contribution in [1.29, 1.82) is 0 Å². The van der Waals surface area contributed by atoms with Gasteiger partial charge < -0.3 is 9.47 Å². The van der Waals surface area contributed by atoms with Crippen molar-refractivity contribution < 1.29 is 14.3 Å². The summed E-state index contributed by atoms with van der Waals surface area (Å²) < 4.78 is 11.9. The van der Waals surface area contributed by atoms with Crippen molar-refractivity contribution in [3.05, 3.63) is 71.7 Å². The Bertz CT molecular complexity index is 982. The Balaban J connectivity index is 1.72. The predicted molar refractivity (Wildman–Crippen MR) is 107 cm³/mol. The SMILES string of the molecule is CCc1ccc2nc(N(Cc3ccccc3)C(=O)C3=COCCO3)sc2c1. The molecule has 5 nitrogen and oxygen atoms in total. The number of thiazole rings is 1. The van der Waals surface area contributed by atoms with Gasteiger partial charge in [-0.05, 0) is 29.7 Å². The molecule has 3 aromatic rings. The second-order valence-corrected chi connectivity index (χ2v) is 7.24. The van der Waals surface area contributed by atoms with Crippen LogP contribution in [0.4, 0.5) is 5.13 Å². The maximum absolute atomic E-state index is 13.1. The Kier molecular flexibility index (Phi) is 5.07. The summed E-state index contributed by atoms with van der Waals surface area (Å²) in [7, 11) is 0. The lowest BCUT2D eigenvalue weighted by Crippen LogP contribution is -2.33. The highest BCUT2D eigenvalue weighted by Gasteiger charge is 2.26. The Morgan fingerprint density at radius 1 is 1.15 bits per heavy atom. The number of ether oxygens (including phenoxy) is 2. The van der Waals surface area contributed by atoms with Crippen LogP contribution in [0.15, 0.2) is 60.6 Å². The number of anilines is 1. The molecule has 0 bridgehead atoms. The first-order valence-electron chi connectivity index (χ1n) is 8.94. The highest BCUT2D eigenvalue weighted by Crippen LogP contribution is 2.31. The molecule has 6 heteroatoms. The van der Waals surface area contributed by atoms with Crippen molar-refractivity contribution in [2.45, 2.75) is 19.9 Å². The van der Waals surface area contributed by atoms with E-state index < -0.39 is 0 Å². The number of aryl methyl sites for hydroxylation is 1. The van der Waals surface area contributed by atoms with Gasteiger partial charge in [-0.3, -0.25) is 9.69 Å². The molecule has 0 saturated heterocycles. The molecule has 1 aromatic heterocycles. The first-order chi connectivity index (χ1) is 13.2. The standard InChI is InChI=1S/C21H20N2O3S/c1-2-15-8-9-17-19(12-15)27-21(22-17)23(13-16-6-4-3-5-7-16)20(24)18-14-25-10-11-26-18/h3-9,12,14H,2,10-11,13H2,1H3. The molecule has 0 N–H and O–H groups in total. The monoisotopic (exact) mass is 380 g/mol. The van der Waals surface area contributed by atoms with E-state index in [1.165, 1.54) is 23.2 Å². The van der Waals surface area contributed by atoms with E-state index >= 15 is 0 Å². The van der Waals surface area contributed by atoms with Gasteiger partial charge in [0.05, 0.1) is 16.8 Å². The summed E-state index contributed by atoms with van der Waals surface area (Å²) in [5, 5.41) is 0.655. The van der Waals surface area contributed by atoms with E-state index in [1.54, 1.807) is 4.90 Å². The second kappa shape index (κ2) is 7.80. The molecule has 0 spiro atoms. The molecule has 2 heterocycles. The van der Waals surface area contributed by atoms with Gasteiger partial charge in [0.2, 0.25) is 5.76 Å². The lowest BCUT2D eigenvalue weighted by atomic mass is 10.2. The summed E-state index contributed by atoms with van der Waals surface area (Å²) in [6.45, 7) is 3.37. The number of benzene rings is 2. The van der Waals surface area contributed by atoms with Gasteiger partial charge in [-0.25, -0.2) is 4.98 Å². The van der Waals surface area contributed by atoms with Crippen LogP contribution in [0, 0.1) is 0 Å². The molecular weight excluding hydrogens is 360 g/mol. The van der Waals surface area contributed by atoms with E-state index in [2.05, 4.69) is 19.1 Å². The van der Waals surface area contributed by atoms with E-state index in [0.717, 1.165) is 22.2 Å². The zero-order chi connectivity index (χ0) is 18.6. The summed E-state index contributed by atoms with van der Waals surface area (Å²) in [5.74, 6) is -0.0287. The fourth-order valence-electron chi connectivity index (χ4n) is 2.90. The minimum atomic E-state index is -0.242. The molecule has 1 aliphatic rings. The van der Waals surface area contributed by atoms with Crippen LogP contribution in [0.1, 0.15) is 18.1 Å². The third kappa shape index (κ3) is 3.80. The molecule has 0 atom stereocenters. The van der Waals surface area contributed by atoms with Gasteiger partial charge in [0.25, 0.3) is 5.91 Å². The summed E-state index contributed by atoms with van der Waals surface area (Å²) in [6, 6.07) is 16.1. The Morgan fingerprint density at radius 3 is 2.74 bits per heavy atom. The first kappa shape index (κ1) is 17.5. The van der Waals surface area contributed by atoms with Gasteiger partial charge in [-0.15, -0.1) is 0 Å². The lowest BCUT2D eigenvalue weighted by Gasteiger charge is -2.23. The maximum atomic E-state index is 13.1. The average Bonchev–Trinajstić information content (AvgIpc) is 3.15. The molecule has 0 aliphatic carbocycles. The fourth-order valence-corrected chi connectivity index (χ4v) is 3.92. The minimum absolute atomic E-state index is 0.214. The van der Waals surface area contributed by atoms with E-state index in [4.69, 9.17) is 14.5 Å². The van der Waals surface area contributed by atoms with Gasteiger partial charge in [0, 0.05) is 0 Å². The number of carbonyl (C=O) groups excluding carboxylic acids is 1. The van der Waals surface area contributed by atoms with Gasteiger partial charge in [0.1, 0.15) is 19.5 Å². The number of hydrogen-bond donors (Lipinski definition) is 0. The van der Waals surface area contributed by atoms with Crippen molar-refractivity contribution in [2.75, 3.05) is 18.1 Å². The van der Waals surface area contributed by atoms with Gasteiger partial charge in [-0.1, -0.05) is 54.7 Å². The van der Waals surface area contributed by atoms with Crippen molar-refractivity contribution >= 4 is 32.6 Å². The molecule has 0 unspecified atom stereocenters. The smallest absolute Gasteiger partial charge is 0.298 e. The second-order valence-electron chi connectivity index (χ2n) is 6.23. The quantitative estimate of drug-likeness (QED) is 0.663. The zero-order valence-electron chi connectivity index (χ0n) is 15.1. The fraction of sp³-hybridized carbons (Fsp3) is 0.238. The highest BCUT2D eigenvalue weighted by atomic mass is 32.1. The zero-order valence-corrected chi connectivity index (χ0v) is 15.9. The third-order valence-electron chi connectivity index (χ3n) is 4.37. The molecule has 0 radical (unpaired) electrons. The maximum Gasteiger partial charge on any atom is 0.298 e. The molecule has 1 amide bonds. The first-order valence-corrected chi connectivity index (χ1v) is 9.76. The summed E-state index contributed by atoms with van der Waals surface area (Å²) >= 11 is 1.52. The van der Waals surface area contributed by atoms with E-state index in [1.807, 2.05) is 36.4 Å². The van der Waals surface area contributed by atoms with E-state index in [0.29, 0.717) is 24.9 Å². The van der Waals surface area contributed by atoms with E-state index in [-0.39, 0.29) is 11.7 Å². The third-order valence-corrected chi connectivity index (χ3v) is 5.41. The molecule has 1 aliphatic heterocycles. The molecular formula is C21H20N2O3S. The summed E-state index contributed by atoms with van der Waals surface area (Å²) in [6.07, 6.45) is 2.36. The van der Waals surface area contributed by atoms with Crippen molar-refractivity contribution in [3.8, 4) is 0 Å². The van der Waals surface area contributed by atoms with Crippen LogP contribution in [-0.2, 0) is 27.2 Å². The predicted octanol–water partition coefficient (Wildman–Crippen LogP) is 4.28. The Hall–Kier alpha value is -2.86. The van der Waals surface area contributed by atoms with Crippen molar-refractivity contribution in [2.24, 2.45) is 0 Å². The highest BCUT2D eigenvalue weighted by molar-refractivity contribution is 7.22. The lowest BCUT2D eigenvalue weighted by molar-refractivity contribution is -0.119. The normalized spacial score (nSPS) is 13.6. The number of aromatic nitrogens is 1. The van der Waals surface area contributed by atoms with Crippen LogP contribution in [0.2, 0.25) is 0 Å². The minimum Gasteiger partial charge on any atom is -0.494 e. The molecule has 27 heavy (non-hydrogen) atoms. The topological polar surface area (TPSA) is 51.7 Å². The van der Waals surface area contributed by atoms with Crippen molar-refractivity contribution in [1.82, 2.24) is 4.98 Å². The molecule has 138 valence electrons.